The molecule has 4 nitrogen and oxygen atoms in total. The van der Waals surface area contributed by atoms with Crippen LogP contribution in [0.2, 0.25) is 0 Å². The summed E-state index contributed by atoms with van der Waals surface area (Å²) in [6, 6.07) is 72.4. The van der Waals surface area contributed by atoms with E-state index in [0.29, 0.717) is 0 Å². The molecule has 270 valence electrons. The standard InChI is InChI=1S/C54H33N3O/c1-4-14-36(15-5-1)55-44-22-12-10-21-41(44)51-47(55)30-31-48-52(51)42-32-34(24-27-45(42)56(48)37-16-6-2-7-17-37)35-25-28-46-43(33-35)53-49(57(46)38-18-8-3-9-19-38)29-26-40-39-20-11-13-23-50(39)58-54(40)53/h1-33H. The molecule has 4 heteroatoms. The van der Waals surface area contributed by atoms with Crippen LogP contribution in [0.25, 0.3) is 116 Å². The Balaban J connectivity index is 1.13. The van der Waals surface area contributed by atoms with E-state index in [4.69, 9.17) is 4.42 Å². The van der Waals surface area contributed by atoms with Crippen molar-refractivity contribution in [3.63, 3.8) is 0 Å². The molecule has 13 aromatic rings. The lowest BCUT2D eigenvalue weighted by Gasteiger charge is -2.09. The average molecular weight is 740 g/mol. The minimum Gasteiger partial charge on any atom is -0.455 e. The second-order valence-corrected chi connectivity index (χ2v) is 15.3. The maximum atomic E-state index is 6.71. The van der Waals surface area contributed by atoms with Gasteiger partial charge in [-0.15, -0.1) is 0 Å². The predicted octanol–water partition coefficient (Wildman–Crippen LogP) is 14.5. The fourth-order valence-electron chi connectivity index (χ4n) is 9.78. The summed E-state index contributed by atoms with van der Waals surface area (Å²) in [5.41, 5.74) is 14.6. The second-order valence-electron chi connectivity index (χ2n) is 15.3. The van der Waals surface area contributed by atoms with Crippen molar-refractivity contribution in [1.29, 1.82) is 0 Å². The summed E-state index contributed by atoms with van der Waals surface area (Å²) < 4.78 is 13.9. The molecule has 0 radical (unpaired) electrons. The second kappa shape index (κ2) is 11.8. The Labute approximate surface area is 332 Å². The Kier molecular flexibility index (Phi) is 6.41. The summed E-state index contributed by atoms with van der Waals surface area (Å²) in [5.74, 6) is 0. The van der Waals surface area contributed by atoms with Crippen LogP contribution >= 0.6 is 0 Å². The average Bonchev–Trinajstić information content (AvgIpc) is 4.03. The van der Waals surface area contributed by atoms with Gasteiger partial charge in [-0.25, -0.2) is 0 Å². The molecule has 0 bridgehead atoms. The summed E-state index contributed by atoms with van der Waals surface area (Å²) in [7, 11) is 0. The van der Waals surface area contributed by atoms with E-state index in [1.54, 1.807) is 0 Å². The van der Waals surface area contributed by atoms with E-state index < -0.39 is 0 Å². The first-order valence-electron chi connectivity index (χ1n) is 19.9. The molecular weight excluding hydrogens is 707 g/mol. The van der Waals surface area contributed by atoms with Crippen molar-refractivity contribution in [1.82, 2.24) is 13.7 Å². The van der Waals surface area contributed by atoms with Crippen molar-refractivity contribution >= 4 is 87.4 Å². The zero-order chi connectivity index (χ0) is 37.9. The zero-order valence-electron chi connectivity index (χ0n) is 31.3. The van der Waals surface area contributed by atoms with Crippen molar-refractivity contribution in [2.45, 2.75) is 0 Å². The van der Waals surface area contributed by atoms with Crippen LogP contribution in [0.1, 0.15) is 0 Å². The van der Waals surface area contributed by atoms with Gasteiger partial charge in [0.15, 0.2) is 0 Å². The molecule has 0 saturated carbocycles. The SMILES string of the molecule is c1ccc(-n2c3ccc(-c4ccc5c(c4)c4c6c7ccccc7n(-c7ccccc7)c6ccc4n5-c4ccccc4)cc3c3c4oc5ccccc5c4ccc32)cc1. The monoisotopic (exact) mass is 739 g/mol. The minimum absolute atomic E-state index is 0.905. The van der Waals surface area contributed by atoms with Crippen LogP contribution in [0.4, 0.5) is 0 Å². The molecule has 0 aliphatic heterocycles. The van der Waals surface area contributed by atoms with Crippen LogP contribution in [0.5, 0.6) is 0 Å². The quantitative estimate of drug-likeness (QED) is 0.177. The van der Waals surface area contributed by atoms with Crippen molar-refractivity contribution in [3.8, 4) is 28.2 Å². The minimum atomic E-state index is 0.905. The van der Waals surface area contributed by atoms with Crippen LogP contribution in [-0.2, 0) is 0 Å². The number of aromatic nitrogens is 3. The molecule has 0 aliphatic rings. The Hall–Kier alpha value is -7.82. The van der Waals surface area contributed by atoms with Crippen molar-refractivity contribution in [3.05, 3.63) is 200 Å². The maximum absolute atomic E-state index is 6.71. The Bertz CT molecular complexity index is 3770. The summed E-state index contributed by atoms with van der Waals surface area (Å²) in [5, 5.41) is 9.56. The molecule has 0 amide bonds. The lowest BCUT2D eigenvalue weighted by Crippen LogP contribution is -1.94. The van der Waals surface area contributed by atoms with Crippen LogP contribution in [-0.4, -0.2) is 13.7 Å². The first-order chi connectivity index (χ1) is 28.8. The molecule has 0 saturated heterocycles. The van der Waals surface area contributed by atoms with Crippen molar-refractivity contribution in [2.75, 3.05) is 0 Å². The van der Waals surface area contributed by atoms with Gasteiger partial charge in [0.05, 0.1) is 38.5 Å². The molecule has 58 heavy (non-hydrogen) atoms. The fraction of sp³-hybridized carbons (Fsp3) is 0. The summed E-state index contributed by atoms with van der Waals surface area (Å²) >= 11 is 0. The molecule has 0 atom stereocenters. The number of para-hydroxylation sites is 5. The number of nitrogens with zero attached hydrogens (tertiary/aromatic N) is 3. The summed E-state index contributed by atoms with van der Waals surface area (Å²) in [6.45, 7) is 0. The molecule has 0 N–H and O–H groups in total. The molecule has 0 unspecified atom stereocenters. The van der Waals surface area contributed by atoms with E-state index in [1.807, 2.05) is 6.07 Å². The third-order valence-corrected chi connectivity index (χ3v) is 12.2. The third-order valence-electron chi connectivity index (χ3n) is 12.2. The number of hydrogen-bond acceptors (Lipinski definition) is 1. The first kappa shape index (κ1) is 31.4. The smallest absolute Gasteiger partial charge is 0.145 e. The Morgan fingerprint density at radius 1 is 0.276 bits per heavy atom. The predicted molar refractivity (Wildman–Crippen MR) is 242 cm³/mol. The Morgan fingerprint density at radius 2 is 0.690 bits per heavy atom. The number of hydrogen-bond donors (Lipinski definition) is 0. The van der Waals surface area contributed by atoms with Crippen LogP contribution < -0.4 is 0 Å². The van der Waals surface area contributed by atoms with Crippen LogP contribution in [0.15, 0.2) is 205 Å². The number of benzene rings is 9. The van der Waals surface area contributed by atoms with E-state index in [0.717, 1.165) is 61.0 Å². The normalized spacial score (nSPS) is 12.1. The van der Waals surface area contributed by atoms with Gasteiger partial charge < -0.3 is 18.1 Å². The van der Waals surface area contributed by atoms with Crippen LogP contribution in [0.3, 0.4) is 0 Å². The highest BCUT2D eigenvalue weighted by atomic mass is 16.3. The van der Waals surface area contributed by atoms with Gasteiger partial charge in [-0.1, -0.05) is 103 Å². The van der Waals surface area contributed by atoms with Gasteiger partial charge in [0, 0.05) is 54.8 Å². The van der Waals surface area contributed by atoms with Gasteiger partial charge in [0.2, 0.25) is 0 Å². The molecule has 0 aliphatic carbocycles. The van der Waals surface area contributed by atoms with Crippen molar-refractivity contribution in [2.24, 2.45) is 0 Å². The Morgan fingerprint density at radius 3 is 1.28 bits per heavy atom. The van der Waals surface area contributed by atoms with Gasteiger partial charge in [0.25, 0.3) is 0 Å². The van der Waals surface area contributed by atoms with Gasteiger partial charge in [-0.3, -0.25) is 0 Å². The lowest BCUT2D eigenvalue weighted by molar-refractivity contribution is 0.673. The largest absolute Gasteiger partial charge is 0.455 e. The molecule has 0 spiro atoms. The van der Waals surface area contributed by atoms with Gasteiger partial charge in [-0.05, 0) is 108 Å². The zero-order valence-corrected chi connectivity index (χ0v) is 31.3. The van der Waals surface area contributed by atoms with Gasteiger partial charge in [-0.2, -0.15) is 0 Å². The highest BCUT2D eigenvalue weighted by Crippen LogP contribution is 2.45. The molecular formula is C54H33N3O. The van der Waals surface area contributed by atoms with E-state index in [-0.39, 0.29) is 0 Å². The van der Waals surface area contributed by atoms with E-state index >= 15 is 0 Å². The number of fused-ring (bicyclic) bond motifs is 14. The molecule has 0 fully saturated rings. The van der Waals surface area contributed by atoms with E-state index in [2.05, 4.69) is 208 Å². The highest BCUT2D eigenvalue weighted by molar-refractivity contribution is 6.29. The molecule has 13 rings (SSSR count). The van der Waals surface area contributed by atoms with Gasteiger partial charge in [0.1, 0.15) is 11.2 Å². The molecule has 9 aromatic carbocycles. The third kappa shape index (κ3) is 4.29. The highest BCUT2D eigenvalue weighted by Gasteiger charge is 2.23. The maximum Gasteiger partial charge on any atom is 0.145 e. The summed E-state index contributed by atoms with van der Waals surface area (Å²) in [4.78, 5) is 0. The molecule has 4 heterocycles. The van der Waals surface area contributed by atoms with Crippen molar-refractivity contribution < 1.29 is 4.42 Å². The fourth-order valence-corrected chi connectivity index (χ4v) is 9.78. The first-order valence-corrected chi connectivity index (χ1v) is 19.9. The van der Waals surface area contributed by atoms with E-state index in [9.17, 15) is 0 Å². The van der Waals surface area contributed by atoms with Crippen LogP contribution in [0, 0.1) is 0 Å². The van der Waals surface area contributed by atoms with Gasteiger partial charge >= 0.3 is 0 Å². The van der Waals surface area contributed by atoms with E-state index in [1.165, 1.54) is 54.6 Å². The topological polar surface area (TPSA) is 27.9 Å². The summed E-state index contributed by atoms with van der Waals surface area (Å²) in [6.07, 6.45) is 0. The molecule has 4 aromatic heterocycles. The number of furan rings is 1. The number of rotatable bonds is 4. The lowest BCUT2D eigenvalue weighted by atomic mass is 9.99.